The van der Waals surface area contributed by atoms with Gasteiger partial charge in [-0.05, 0) is 19.4 Å². The molecule has 1 aromatic heterocycles. The van der Waals surface area contributed by atoms with Crippen LogP contribution in [-0.4, -0.2) is 34.6 Å². The van der Waals surface area contributed by atoms with E-state index in [2.05, 4.69) is 10.3 Å². The second-order valence-corrected chi connectivity index (χ2v) is 4.56. The van der Waals surface area contributed by atoms with Gasteiger partial charge in [0.1, 0.15) is 5.56 Å². The molecule has 1 aromatic rings. The summed E-state index contributed by atoms with van der Waals surface area (Å²) in [7, 11) is 0. The predicted molar refractivity (Wildman–Crippen MR) is 67.2 cm³/mol. The Hall–Kier alpha value is -1.73. The van der Waals surface area contributed by atoms with Gasteiger partial charge in [-0.25, -0.2) is 4.98 Å². The van der Waals surface area contributed by atoms with Crippen LogP contribution in [0.15, 0.2) is 12.3 Å². The Balaban J connectivity index is 2.24. The fourth-order valence-electron chi connectivity index (χ4n) is 1.95. The van der Waals surface area contributed by atoms with Gasteiger partial charge in [0.05, 0.1) is 17.1 Å². The van der Waals surface area contributed by atoms with Crippen LogP contribution in [-0.2, 0) is 4.74 Å². The SMILES string of the molecule is CC1OCCC1NC(=O)c1ccnc(Cl)c1[N+](=O)[O-]. The third-order valence-corrected chi connectivity index (χ3v) is 3.28. The van der Waals surface area contributed by atoms with Crippen molar-refractivity contribution in [2.75, 3.05) is 6.61 Å². The average molecular weight is 286 g/mol. The van der Waals surface area contributed by atoms with Crippen LogP contribution in [0.1, 0.15) is 23.7 Å². The molecule has 0 radical (unpaired) electrons. The molecular weight excluding hydrogens is 274 g/mol. The molecule has 102 valence electrons. The molecule has 8 heteroatoms. The maximum Gasteiger partial charge on any atom is 0.319 e. The number of nitrogens with one attached hydrogen (secondary N) is 1. The summed E-state index contributed by atoms with van der Waals surface area (Å²) in [5.74, 6) is -0.543. The first kappa shape index (κ1) is 13.7. The third kappa shape index (κ3) is 2.82. The predicted octanol–water partition coefficient (Wildman–Crippen LogP) is 1.55. The summed E-state index contributed by atoms with van der Waals surface area (Å²) < 4.78 is 5.32. The van der Waals surface area contributed by atoms with Crippen molar-refractivity contribution in [2.45, 2.75) is 25.5 Å². The molecule has 19 heavy (non-hydrogen) atoms. The second-order valence-electron chi connectivity index (χ2n) is 4.20. The smallest absolute Gasteiger partial charge is 0.319 e. The zero-order chi connectivity index (χ0) is 14.0. The van der Waals surface area contributed by atoms with Gasteiger partial charge in [0.15, 0.2) is 0 Å². The molecule has 0 aliphatic carbocycles. The number of ether oxygens (including phenoxy) is 1. The monoisotopic (exact) mass is 285 g/mol. The van der Waals surface area contributed by atoms with Crippen LogP contribution < -0.4 is 5.32 Å². The zero-order valence-electron chi connectivity index (χ0n) is 10.1. The molecule has 0 aromatic carbocycles. The quantitative estimate of drug-likeness (QED) is 0.516. The summed E-state index contributed by atoms with van der Waals surface area (Å²) in [5, 5.41) is 13.3. The van der Waals surface area contributed by atoms with Crippen molar-refractivity contribution in [2.24, 2.45) is 0 Å². The van der Waals surface area contributed by atoms with Crippen molar-refractivity contribution >= 4 is 23.2 Å². The molecule has 0 saturated carbocycles. The molecule has 1 aliphatic rings. The molecule has 2 atom stereocenters. The number of aromatic nitrogens is 1. The first-order valence-electron chi connectivity index (χ1n) is 5.72. The Morgan fingerprint density at radius 3 is 3.00 bits per heavy atom. The normalized spacial score (nSPS) is 22.2. The fourth-order valence-corrected chi connectivity index (χ4v) is 2.18. The van der Waals surface area contributed by atoms with E-state index in [0.29, 0.717) is 13.0 Å². The van der Waals surface area contributed by atoms with Crippen LogP contribution in [0.3, 0.4) is 0 Å². The van der Waals surface area contributed by atoms with Crippen molar-refractivity contribution in [3.63, 3.8) is 0 Å². The molecule has 2 rings (SSSR count). The minimum absolute atomic E-state index is 0.0934. The Morgan fingerprint density at radius 1 is 1.68 bits per heavy atom. The van der Waals surface area contributed by atoms with Crippen LogP contribution in [0.25, 0.3) is 0 Å². The highest BCUT2D eigenvalue weighted by molar-refractivity contribution is 6.32. The first-order valence-corrected chi connectivity index (χ1v) is 6.10. The minimum atomic E-state index is -0.710. The largest absolute Gasteiger partial charge is 0.376 e. The number of carbonyl (C=O) groups is 1. The van der Waals surface area contributed by atoms with E-state index in [-0.39, 0.29) is 22.9 Å². The lowest BCUT2D eigenvalue weighted by molar-refractivity contribution is -0.385. The number of rotatable bonds is 3. The fraction of sp³-hybridized carbons (Fsp3) is 0.455. The summed E-state index contributed by atoms with van der Waals surface area (Å²) >= 11 is 5.66. The van der Waals surface area contributed by atoms with Crippen molar-refractivity contribution in [1.82, 2.24) is 10.3 Å². The van der Waals surface area contributed by atoms with Gasteiger partial charge >= 0.3 is 5.69 Å². The highest BCUT2D eigenvalue weighted by Crippen LogP contribution is 2.26. The Kier molecular flexibility index (Phi) is 3.96. The Labute approximate surface area is 114 Å². The number of hydrogen-bond donors (Lipinski definition) is 1. The van der Waals surface area contributed by atoms with Crippen LogP contribution in [0.4, 0.5) is 5.69 Å². The van der Waals surface area contributed by atoms with Crippen LogP contribution in [0.2, 0.25) is 5.15 Å². The van der Waals surface area contributed by atoms with E-state index in [1.165, 1.54) is 12.3 Å². The van der Waals surface area contributed by atoms with Gasteiger partial charge < -0.3 is 10.1 Å². The van der Waals surface area contributed by atoms with Gasteiger partial charge in [-0.1, -0.05) is 11.6 Å². The number of halogens is 1. The number of hydrogen-bond acceptors (Lipinski definition) is 5. The van der Waals surface area contributed by atoms with Crippen LogP contribution in [0.5, 0.6) is 0 Å². The summed E-state index contributed by atoms with van der Waals surface area (Å²) in [4.78, 5) is 25.9. The van der Waals surface area contributed by atoms with Crippen molar-refractivity contribution in [3.8, 4) is 0 Å². The molecule has 0 spiro atoms. The van der Waals surface area contributed by atoms with Crippen LogP contribution >= 0.6 is 11.6 Å². The Morgan fingerprint density at radius 2 is 2.42 bits per heavy atom. The number of nitrogens with zero attached hydrogens (tertiary/aromatic N) is 2. The number of amides is 1. The Bertz CT molecular complexity index is 523. The molecule has 2 unspecified atom stereocenters. The summed E-state index contributed by atoms with van der Waals surface area (Å²) in [6, 6.07) is 1.12. The van der Waals surface area contributed by atoms with Crippen molar-refractivity contribution in [1.29, 1.82) is 0 Å². The summed E-state index contributed by atoms with van der Waals surface area (Å²) in [6.45, 7) is 2.40. The molecule has 7 nitrogen and oxygen atoms in total. The molecule has 1 fully saturated rings. The standard InChI is InChI=1S/C11H12ClN3O4/c1-6-8(3-5-19-6)14-11(16)7-2-4-13-10(12)9(7)15(17)18/h2,4,6,8H,3,5H2,1H3,(H,14,16). The average Bonchev–Trinajstić information content (AvgIpc) is 2.74. The zero-order valence-corrected chi connectivity index (χ0v) is 10.9. The second kappa shape index (κ2) is 5.50. The van der Waals surface area contributed by atoms with E-state index < -0.39 is 16.5 Å². The highest BCUT2D eigenvalue weighted by Gasteiger charge is 2.30. The van der Waals surface area contributed by atoms with E-state index in [1.54, 1.807) is 0 Å². The number of carbonyl (C=O) groups excluding carboxylic acids is 1. The first-order chi connectivity index (χ1) is 9.00. The molecule has 1 amide bonds. The number of nitro groups is 1. The van der Waals surface area contributed by atoms with E-state index >= 15 is 0 Å². The van der Waals surface area contributed by atoms with Crippen molar-refractivity contribution < 1.29 is 14.5 Å². The lowest BCUT2D eigenvalue weighted by Gasteiger charge is -2.15. The minimum Gasteiger partial charge on any atom is -0.376 e. The van der Waals surface area contributed by atoms with Crippen molar-refractivity contribution in [3.05, 3.63) is 33.1 Å². The van der Waals surface area contributed by atoms with Gasteiger partial charge in [-0.3, -0.25) is 14.9 Å². The van der Waals surface area contributed by atoms with Gasteiger partial charge in [-0.15, -0.1) is 0 Å². The lowest BCUT2D eigenvalue weighted by atomic mass is 10.1. The highest BCUT2D eigenvalue weighted by atomic mass is 35.5. The summed E-state index contributed by atoms with van der Waals surface area (Å²) in [6.07, 6.45) is 1.83. The maximum absolute atomic E-state index is 12.1. The molecule has 1 N–H and O–H groups in total. The molecule has 0 bridgehead atoms. The van der Waals surface area contributed by atoms with E-state index in [9.17, 15) is 14.9 Å². The number of pyridine rings is 1. The molecule has 1 saturated heterocycles. The third-order valence-electron chi connectivity index (χ3n) is 3.00. The van der Waals surface area contributed by atoms with Gasteiger partial charge in [0.25, 0.3) is 5.91 Å². The topological polar surface area (TPSA) is 94.4 Å². The lowest BCUT2D eigenvalue weighted by Crippen LogP contribution is -2.39. The van der Waals surface area contributed by atoms with Crippen LogP contribution in [0, 0.1) is 10.1 Å². The molecule has 1 aliphatic heterocycles. The van der Waals surface area contributed by atoms with E-state index in [4.69, 9.17) is 16.3 Å². The van der Waals surface area contributed by atoms with E-state index in [0.717, 1.165) is 0 Å². The van der Waals surface area contributed by atoms with Gasteiger partial charge in [0, 0.05) is 12.8 Å². The maximum atomic E-state index is 12.1. The van der Waals surface area contributed by atoms with E-state index in [1.807, 2.05) is 6.92 Å². The molecule has 2 heterocycles. The van der Waals surface area contributed by atoms with Gasteiger partial charge in [-0.2, -0.15) is 0 Å². The van der Waals surface area contributed by atoms with Gasteiger partial charge in [0.2, 0.25) is 5.15 Å². The molecular formula is C11H12ClN3O4. The summed E-state index contributed by atoms with van der Waals surface area (Å²) in [5.41, 5.74) is -0.572.